The van der Waals surface area contributed by atoms with Gasteiger partial charge in [-0.2, -0.15) is 0 Å². The molecule has 1 aromatic rings. The first-order valence-electron chi connectivity index (χ1n) is 6.57. The molecule has 0 saturated carbocycles. The van der Waals surface area contributed by atoms with E-state index in [1.807, 2.05) is 13.8 Å². The molecule has 1 unspecified atom stereocenters. The summed E-state index contributed by atoms with van der Waals surface area (Å²) in [6, 6.07) is 4.84. The van der Waals surface area contributed by atoms with E-state index in [1.165, 1.54) is 6.07 Å². The second-order valence-corrected chi connectivity index (χ2v) is 4.90. The van der Waals surface area contributed by atoms with Crippen molar-refractivity contribution in [1.82, 2.24) is 0 Å². The van der Waals surface area contributed by atoms with Gasteiger partial charge in [0, 0.05) is 12.0 Å². The molecule has 20 heavy (non-hydrogen) atoms. The summed E-state index contributed by atoms with van der Waals surface area (Å²) in [5.74, 6) is 0.00187. The molecule has 0 spiro atoms. The van der Waals surface area contributed by atoms with Crippen LogP contribution in [0.1, 0.15) is 32.8 Å². The van der Waals surface area contributed by atoms with Crippen molar-refractivity contribution in [2.75, 3.05) is 11.9 Å². The highest BCUT2D eigenvalue weighted by Gasteiger charge is 2.17. The number of hydrogen-bond donors (Lipinski definition) is 1. The standard InChI is InChI=1S/C15H20N2O3/c1-5-11(4)15(18)9-16-13-7-6-12(10(2)3)8-14(13)17(19)20/h6-8,11,16H,2,5,9H2,1,3-4H3. The van der Waals surface area contributed by atoms with E-state index in [0.717, 1.165) is 17.6 Å². The molecule has 1 N–H and O–H groups in total. The maximum atomic E-state index is 11.8. The average molecular weight is 276 g/mol. The molecule has 1 rings (SSSR count). The summed E-state index contributed by atoms with van der Waals surface area (Å²) in [6.45, 7) is 9.44. The molecule has 1 atom stereocenters. The number of carbonyl (C=O) groups is 1. The Hall–Kier alpha value is -2.17. The van der Waals surface area contributed by atoms with Gasteiger partial charge in [-0.1, -0.05) is 32.1 Å². The lowest BCUT2D eigenvalue weighted by Gasteiger charge is -2.11. The highest BCUT2D eigenvalue weighted by Crippen LogP contribution is 2.28. The first-order chi connectivity index (χ1) is 9.36. The predicted molar refractivity (Wildman–Crippen MR) is 80.8 cm³/mol. The van der Waals surface area contributed by atoms with Gasteiger partial charge in [-0.15, -0.1) is 0 Å². The molecule has 0 radical (unpaired) electrons. The molecule has 5 heteroatoms. The predicted octanol–water partition coefficient (Wildman–Crippen LogP) is 3.66. The van der Waals surface area contributed by atoms with Crippen molar-refractivity contribution in [2.24, 2.45) is 5.92 Å². The van der Waals surface area contributed by atoms with Gasteiger partial charge in [0.15, 0.2) is 5.78 Å². The minimum absolute atomic E-state index is 0.0394. The second kappa shape index (κ2) is 6.84. The SMILES string of the molecule is C=C(C)c1ccc(NCC(=O)C(C)CC)c([N+](=O)[O-])c1. The number of Topliss-reactive ketones (excluding diaryl/α,β-unsaturated/α-hetero) is 1. The van der Waals surface area contributed by atoms with Gasteiger partial charge in [0.2, 0.25) is 0 Å². The Bertz CT molecular complexity index is 538. The maximum Gasteiger partial charge on any atom is 0.292 e. The summed E-state index contributed by atoms with van der Waals surface area (Å²) >= 11 is 0. The van der Waals surface area contributed by atoms with E-state index in [9.17, 15) is 14.9 Å². The van der Waals surface area contributed by atoms with E-state index in [2.05, 4.69) is 11.9 Å². The number of nitro groups is 1. The molecule has 0 saturated heterocycles. The van der Waals surface area contributed by atoms with E-state index >= 15 is 0 Å². The van der Waals surface area contributed by atoms with E-state index in [-0.39, 0.29) is 23.9 Å². The van der Waals surface area contributed by atoms with Gasteiger partial charge < -0.3 is 5.32 Å². The van der Waals surface area contributed by atoms with Crippen LogP contribution in [0.25, 0.3) is 5.57 Å². The minimum Gasteiger partial charge on any atom is -0.372 e. The molecule has 0 aliphatic carbocycles. The van der Waals surface area contributed by atoms with Crippen LogP contribution in [0.15, 0.2) is 24.8 Å². The maximum absolute atomic E-state index is 11.8. The van der Waals surface area contributed by atoms with E-state index in [4.69, 9.17) is 0 Å². The number of nitrogens with one attached hydrogen (secondary N) is 1. The fourth-order valence-electron chi connectivity index (χ4n) is 1.68. The van der Waals surface area contributed by atoms with E-state index in [0.29, 0.717) is 5.69 Å². The lowest BCUT2D eigenvalue weighted by atomic mass is 10.0. The minimum atomic E-state index is -0.456. The first-order valence-corrected chi connectivity index (χ1v) is 6.57. The fourth-order valence-corrected chi connectivity index (χ4v) is 1.68. The summed E-state index contributed by atoms with van der Waals surface area (Å²) in [4.78, 5) is 22.4. The Morgan fingerprint density at radius 1 is 1.50 bits per heavy atom. The van der Waals surface area contributed by atoms with Crippen molar-refractivity contribution in [3.63, 3.8) is 0 Å². The number of anilines is 1. The molecule has 5 nitrogen and oxygen atoms in total. The van der Waals surface area contributed by atoms with Crippen LogP contribution in [-0.4, -0.2) is 17.3 Å². The molecule has 0 aliphatic heterocycles. The molecular weight excluding hydrogens is 256 g/mol. The molecule has 0 aromatic heterocycles. The van der Waals surface area contributed by atoms with Gasteiger partial charge in [0.05, 0.1) is 11.5 Å². The summed E-state index contributed by atoms with van der Waals surface area (Å²) in [5, 5.41) is 13.9. The van der Waals surface area contributed by atoms with Crippen molar-refractivity contribution in [2.45, 2.75) is 27.2 Å². The number of nitro benzene ring substituents is 1. The number of hydrogen-bond acceptors (Lipinski definition) is 4. The van der Waals surface area contributed by atoms with Crippen LogP contribution < -0.4 is 5.32 Å². The lowest BCUT2D eigenvalue weighted by Crippen LogP contribution is -2.20. The van der Waals surface area contributed by atoms with Gasteiger partial charge in [-0.25, -0.2) is 0 Å². The summed E-state index contributed by atoms with van der Waals surface area (Å²) < 4.78 is 0. The van der Waals surface area contributed by atoms with Crippen LogP contribution in [-0.2, 0) is 4.79 Å². The zero-order chi connectivity index (χ0) is 15.3. The topological polar surface area (TPSA) is 72.2 Å². The first kappa shape index (κ1) is 15.9. The van der Waals surface area contributed by atoms with Gasteiger partial charge in [-0.3, -0.25) is 14.9 Å². The molecule has 0 bridgehead atoms. The summed E-state index contributed by atoms with van der Waals surface area (Å²) in [6.07, 6.45) is 0.761. The van der Waals surface area contributed by atoms with Crippen LogP contribution in [0.4, 0.5) is 11.4 Å². The van der Waals surface area contributed by atoms with Crippen molar-refractivity contribution < 1.29 is 9.72 Å². The molecule has 1 aromatic carbocycles. The number of ketones is 1. The Labute approximate surface area is 118 Å². The Morgan fingerprint density at radius 2 is 2.15 bits per heavy atom. The third-order valence-electron chi connectivity index (χ3n) is 3.30. The Balaban J connectivity index is 2.92. The lowest BCUT2D eigenvalue weighted by molar-refractivity contribution is -0.384. The van der Waals surface area contributed by atoms with E-state index in [1.54, 1.807) is 19.1 Å². The Kier molecular flexibility index (Phi) is 5.43. The quantitative estimate of drug-likeness (QED) is 0.609. The van der Waals surface area contributed by atoms with Crippen LogP contribution in [0, 0.1) is 16.0 Å². The van der Waals surface area contributed by atoms with Crippen molar-refractivity contribution in [3.05, 3.63) is 40.5 Å². The number of benzene rings is 1. The normalized spacial score (nSPS) is 11.8. The van der Waals surface area contributed by atoms with Gasteiger partial charge in [0.25, 0.3) is 5.69 Å². The molecule has 0 aliphatic rings. The van der Waals surface area contributed by atoms with Crippen molar-refractivity contribution >= 4 is 22.7 Å². The van der Waals surface area contributed by atoms with Gasteiger partial charge in [-0.05, 0) is 25.0 Å². The van der Waals surface area contributed by atoms with Gasteiger partial charge >= 0.3 is 0 Å². The van der Waals surface area contributed by atoms with E-state index < -0.39 is 4.92 Å². The molecule has 0 amide bonds. The summed E-state index contributed by atoms with van der Waals surface area (Å²) in [7, 11) is 0. The van der Waals surface area contributed by atoms with Crippen molar-refractivity contribution in [1.29, 1.82) is 0 Å². The monoisotopic (exact) mass is 276 g/mol. The highest BCUT2D eigenvalue weighted by atomic mass is 16.6. The smallest absolute Gasteiger partial charge is 0.292 e. The third-order valence-corrected chi connectivity index (χ3v) is 3.30. The van der Waals surface area contributed by atoms with Gasteiger partial charge in [0.1, 0.15) is 5.69 Å². The van der Waals surface area contributed by atoms with Crippen LogP contribution in [0.2, 0.25) is 0 Å². The zero-order valence-electron chi connectivity index (χ0n) is 12.1. The van der Waals surface area contributed by atoms with Crippen molar-refractivity contribution in [3.8, 4) is 0 Å². The molecular formula is C15H20N2O3. The number of nitrogens with zero attached hydrogens (tertiary/aromatic N) is 1. The third kappa shape index (κ3) is 3.91. The zero-order valence-corrected chi connectivity index (χ0v) is 12.1. The number of carbonyl (C=O) groups excluding carboxylic acids is 1. The highest BCUT2D eigenvalue weighted by molar-refractivity contribution is 5.85. The molecule has 108 valence electrons. The van der Waals surface area contributed by atoms with Crippen LogP contribution in [0.3, 0.4) is 0 Å². The largest absolute Gasteiger partial charge is 0.372 e. The Morgan fingerprint density at radius 3 is 2.65 bits per heavy atom. The number of rotatable bonds is 7. The number of allylic oxidation sites excluding steroid dienone is 1. The fraction of sp³-hybridized carbons (Fsp3) is 0.400. The summed E-state index contributed by atoms with van der Waals surface area (Å²) in [5.41, 5.74) is 1.80. The molecule has 0 fully saturated rings. The molecule has 0 heterocycles. The van der Waals surface area contributed by atoms with Crippen LogP contribution in [0.5, 0.6) is 0 Å². The average Bonchev–Trinajstić information content (AvgIpc) is 2.43. The second-order valence-electron chi connectivity index (χ2n) is 4.90. The van der Waals surface area contributed by atoms with Crippen LogP contribution >= 0.6 is 0 Å².